The van der Waals surface area contributed by atoms with Crippen LogP contribution < -0.4 is 9.47 Å². The fourth-order valence-electron chi connectivity index (χ4n) is 4.96. The van der Waals surface area contributed by atoms with Gasteiger partial charge in [-0.05, 0) is 54.1 Å². The number of anilines is 1. The molecule has 3 aromatic carbocycles. The molecule has 2 heterocycles. The number of para-hydroxylation sites is 1. The van der Waals surface area contributed by atoms with E-state index in [2.05, 4.69) is 40.7 Å². The lowest BCUT2D eigenvalue weighted by Gasteiger charge is -2.21. The van der Waals surface area contributed by atoms with Crippen LogP contribution in [-0.2, 0) is 26.8 Å². The number of thioether (sulfide) groups is 1. The molecule has 0 N–H and O–H groups in total. The molecular weight excluding hydrogens is 601 g/mol. The summed E-state index contributed by atoms with van der Waals surface area (Å²) in [6.45, 7) is 2.83. The number of thiazole rings is 1. The van der Waals surface area contributed by atoms with Crippen LogP contribution in [0.15, 0.2) is 82.2 Å². The maximum absolute atomic E-state index is 11.4. The van der Waals surface area contributed by atoms with Gasteiger partial charge in [-0.3, -0.25) is 0 Å². The van der Waals surface area contributed by atoms with E-state index in [0.29, 0.717) is 19.5 Å². The molecule has 0 bridgehead atoms. The van der Waals surface area contributed by atoms with E-state index in [1.54, 1.807) is 23.1 Å². The fraction of sp³-hybridized carbons (Fsp3) is 0.276. The standard InChI is InChI=1S/C29H30N2O6S4/c1-2-21(19-27-30(15-7-17-40(32,33)34)24-11-5-6-12-25(24)38-27)20-28-31(16-8-18-41(35,36)37)29-23-10-4-3-9-22(23)13-14-26(29)39-28/h3-6,9-14,19-20H,2,7-8,15-18H2,1H3,(H-,32,33,34,35,36,37)/p-1. The molecule has 12 heteroatoms. The van der Waals surface area contributed by atoms with Gasteiger partial charge in [0.15, 0.2) is 6.54 Å². The molecular formula is C29H29N2O6S4-. The minimum Gasteiger partial charge on any atom is -0.748 e. The van der Waals surface area contributed by atoms with Crippen molar-refractivity contribution in [1.82, 2.24) is 0 Å². The molecule has 0 spiro atoms. The molecule has 0 aliphatic carbocycles. The third-order valence-electron chi connectivity index (χ3n) is 6.83. The molecule has 0 fully saturated rings. The van der Waals surface area contributed by atoms with Gasteiger partial charge in [0.05, 0.1) is 36.3 Å². The Bertz CT molecular complexity index is 1880. The van der Waals surface area contributed by atoms with E-state index in [1.165, 1.54) is 0 Å². The van der Waals surface area contributed by atoms with Gasteiger partial charge < -0.3 is 14.0 Å². The van der Waals surface area contributed by atoms with Crippen LogP contribution in [-0.4, -0.2) is 44.0 Å². The second kappa shape index (κ2) is 12.2. The summed E-state index contributed by atoms with van der Waals surface area (Å²) in [6.07, 6.45) is 5.33. The first-order chi connectivity index (χ1) is 19.5. The molecule has 1 aliphatic heterocycles. The molecule has 0 saturated carbocycles. The van der Waals surface area contributed by atoms with E-state index in [9.17, 15) is 25.9 Å². The first-order valence-electron chi connectivity index (χ1n) is 13.2. The minimum atomic E-state index is -4.33. The van der Waals surface area contributed by atoms with Crippen molar-refractivity contribution in [2.75, 3.05) is 23.0 Å². The molecule has 0 saturated heterocycles. The van der Waals surface area contributed by atoms with E-state index < -0.39 is 31.7 Å². The molecule has 0 unspecified atom stereocenters. The fourth-order valence-corrected chi connectivity index (χ4v) is 8.27. The van der Waals surface area contributed by atoms with Crippen LogP contribution in [0.1, 0.15) is 31.2 Å². The van der Waals surface area contributed by atoms with Crippen molar-refractivity contribution in [2.24, 2.45) is 0 Å². The number of aryl methyl sites for hydroxylation is 1. The first kappa shape index (κ1) is 29.7. The molecule has 1 aliphatic rings. The lowest BCUT2D eigenvalue weighted by Crippen LogP contribution is -2.36. The second-order valence-electron chi connectivity index (χ2n) is 9.73. The lowest BCUT2D eigenvalue weighted by molar-refractivity contribution is -0.667. The zero-order valence-corrected chi connectivity index (χ0v) is 25.6. The van der Waals surface area contributed by atoms with Crippen molar-refractivity contribution < 1.29 is 30.5 Å². The number of fused-ring (bicyclic) bond motifs is 4. The summed E-state index contributed by atoms with van der Waals surface area (Å²) in [5.74, 6) is -0.853. The van der Waals surface area contributed by atoms with Crippen LogP contribution in [0.5, 0.6) is 0 Å². The first-order valence-corrected chi connectivity index (χ1v) is 18.0. The van der Waals surface area contributed by atoms with E-state index in [1.807, 2.05) is 48.5 Å². The van der Waals surface area contributed by atoms with Crippen molar-refractivity contribution in [1.29, 1.82) is 0 Å². The largest absolute Gasteiger partial charge is 0.748 e. The lowest BCUT2D eigenvalue weighted by atomic mass is 10.1. The maximum atomic E-state index is 11.4. The van der Waals surface area contributed by atoms with Crippen molar-refractivity contribution in [3.05, 3.63) is 82.3 Å². The zero-order valence-electron chi connectivity index (χ0n) is 22.4. The van der Waals surface area contributed by atoms with Gasteiger partial charge in [-0.15, -0.1) is 0 Å². The number of benzene rings is 3. The normalized spacial score (nSPS) is 15.3. The van der Waals surface area contributed by atoms with Gasteiger partial charge >= 0.3 is 0 Å². The average Bonchev–Trinajstić information content (AvgIpc) is 3.44. The number of hydrogen-bond acceptors (Lipinski definition) is 9. The number of allylic oxidation sites excluding steroid dienone is 2. The Hall–Kier alpha value is -2.74. The molecule has 0 amide bonds. The maximum Gasteiger partial charge on any atom is 0.263 e. The van der Waals surface area contributed by atoms with Crippen molar-refractivity contribution in [3.63, 3.8) is 0 Å². The third kappa shape index (κ3) is 7.19. The Morgan fingerprint density at radius 2 is 1.63 bits per heavy atom. The van der Waals surface area contributed by atoms with Crippen molar-refractivity contribution in [3.8, 4) is 0 Å². The van der Waals surface area contributed by atoms with Crippen LogP contribution in [0.25, 0.3) is 27.1 Å². The Balaban J connectivity index is 1.55. The molecule has 4 aromatic rings. The Labute approximate surface area is 248 Å². The highest BCUT2D eigenvalue weighted by atomic mass is 32.2. The molecule has 8 nitrogen and oxygen atoms in total. The van der Waals surface area contributed by atoms with Crippen molar-refractivity contribution in [2.45, 2.75) is 37.6 Å². The van der Waals surface area contributed by atoms with Gasteiger partial charge in [0.2, 0.25) is 5.52 Å². The molecule has 41 heavy (non-hydrogen) atoms. The predicted molar refractivity (Wildman–Crippen MR) is 164 cm³/mol. The van der Waals surface area contributed by atoms with Crippen LogP contribution in [0, 0.1) is 0 Å². The summed E-state index contributed by atoms with van der Waals surface area (Å²) in [5.41, 5.74) is 3.02. The van der Waals surface area contributed by atoms with E-state index in [-0.39, 0.29) is 12.8 Å². The van der Waals surface area contributed by atoms with Gasteiger partial charge in [0, 0.05) is 35.4 Å². The topological polar surface area (TPSA) is 122 Å². The summed E-state index contributed by atoms with van der Waals surface area (Å²) in [6, 6.07) is 20.1. The van der Waals surface area contributed by atoms with Crippen molar-refractivity contribution >= 4 is 76.1 Å². The average molecular weight is 630 g/mol. The number of aromatic nitrogens is 1. The van der Waals surface area contributed by atoms with Gasteiger partial charge in [-0.1, -0.05) is 66.4 Å². The van der Waals surface area contributed by atoms with Gasteiger partial charge in [-0.2, -0.15) is 4.57 Å². The quantitative estimate of drug-likeness (QED) is 0.158. The van der Waals surface area contributed by atoms with Gasteiger partial charge in [0.25, 0.3) is 5.01 Å². The SMILES string of the molecule is CCC(/C=C1\Sc2ccccc2N1CCCS(=O)(=O)[O-])=C\c1sc2ccc3ccccc3c2[n+]1CCCS(=O)(=O)[O-]. The highest BCUT2D eigenvalue weighted by Gasteiger charge is 2.26. The highest BCUT2D eigenvalue weighted by molar-refractivity contribution is 8.03. The molecule has 0 radical (unpaired) electrons. The summed E-state index contributed by atoms with van der Waals surface area (Å²) in [4.78, 5) is 3.11. The van der Waals surface area contributed by atoms with Gasteiger partial charge in [0.1, 0.15) is 4.70 Å². The monoisotopic (exact) mass is 629 g/mol. The zero-order chi connectivity index (χ0) is 29.2. The second-order valence-corrected chi connectivity index (χ2v) is 14.9. The van der Waals surface area contributed by atoms with Crippen LogP contribution >= 0.6 is 23.1 Å². The van der Waals surface area contributed by atoms with Crippen LogP contribution in [0.4, 0.5) is 5.69 Å². The Morgan fingerprint density at radius 3 is 2.39 bits per heavy atom. The van der Waals surface area contributed by atoms with Gasteiger partial charge in [-0.25, -0.2) is 16.8 Å². The molecule has 0 atom stereocenters. The summed E-state index contributed by atoms with van der Waals surface area (Å²) >= 11 is 3.21. The highest BCUT2D eigenvalue weighted by Crippen LogP contribution is 2.46. The number of nitrogens with zero attached hydrogens (tertiary/aromatic N) is 2. The van der Waals surface area contributed by atoms with E-state index in [0.717, 1.165) is 47.2 Å². The van der Waals surface area contributed by atoms with Crippen LogP contribution in [0.2, 0.25) is 0 Å². The van der Waals surface area contributed by atoms with E-state index >= 15 is 0 Å². The number of hydrogen-bond donors (Lipinski definition) is 0. The van der Waals surface area contributed by atoms with Crippen LogP contribution in [0.3, 0.4) is 0 Å². The number of rotatable bonds is 11. The Morgan fingerprint density at radius 1 is 0.927 bits per heavy atom. The smallest absolute Gasteiger partial charge is 0.263 e. The molecule has 5 rings (SSSR count). The van der Waals surface area contributed by atoms with E-state index in [4.69, 9.17) is 0 Å². The molecule has 1 aromatic heterocycles. The third-order valence-corrected chi connectivity index (χ3v) is 10.6. The summed E-state index contributed by atoms with van der Waals surface area (Å²) in [5, 5.41) is 4.02. The molecule has 216 valence electrons. The summed E-state index contributed by atoms with van der Waals surface area (Å²) in [7, 11) is -8.63. The predicted octanol–water partition coefficient (Wildman–Crippen LogP) is 5.46. The minimum absolute atomic E-state index is 0.205. The Kier molecular flexibility index (Phi) is 8.88. The summed E-state index contributed by atoms with van der Waals surface area (Å²) < 4.78 is 70.9.